The van der Waals surface area contributed by atoms with Gasteiger partial charge in [0.25, 0.3) is 0 Å². The fraction of sp³-hybridized carbons (Fsp3) is 0.848. The van der Waals surface area contributed by atoms with Crippen molar-refractivity contribution >= 4 is 5.78 Å². The minimum atomic E-state index is -1.60. The average Bonchev–Trinajstić information content (AvgIpc) is 3.69. The molecule has 3 aliphatic carbocycles. The molecule has 1 unspecified atom stereocenters. The maximum absolute atomic E-state index is 13.9. The zero-order chi connectivity index (χ0) is 45.8. The highest BCUT2D eigenvalue weighted by Gasteiger charge is 2.55. The normalized spacial score (nSPS) is 48.9. The van der Waals surface area contributed by atoms with Crippen molar-refractivity contribution in [1.29, 1.82) is 0 Å². The number of ether oxygens (including phenoxy) is 10. The van der Waals surface area contributed by atoms with Crippen molar-refractivity contribution in [3.8, 4) is 0 Å². The lowest BCUT2D eigenvalue weighted by Crippen LogP contribution is -2.62. The summed E-state index contributed by atoms with van der Waals surface area (Å²) in [6, 6.07) is 1.93. The standard InChI is InChI=1S/C46H70O18/c1-20-25(12-13-56-20)26-10-11-28-27(38(26)50)9-8-24-14-31(30(49)18-46(24,28)5)60-36-16-32(54-6)43(22(3)58-36)63-35-15-29(48)42(21(2)57-35)62-37-17-33(55-7)44(23(4)59-37)64-45-41(53)40(52)39(51)34(19-47)61-45/h8,12-13,21-23,26-37,39-45,47-49,51-53H,9-11,14-19H2,1-7H3/t21-,22-,23+,26+,27-,28+,29+,30-,31-,32+,33-,34-,35?,36+,37+,39-,40+,41-,42-,43-,44+,45+,46+/m1/s1. The number of ketones is 1. The molecule has 1 aromatic rings. The van der Waals surface area contributed by atoms with Gasteiger partial charge < -0.3 is 82.4 Å². The second-order valence-corrected chi connectivity index (χ2v) is 19.3. The van der Waals surface area contributed by atoms with Gasteiger partial charge >= 0.3 is 0 Å². The first-order valence-electron chi connectivity index (χ1n) is 23.1. The lowest BCUT2D eigenvalue weighted by Gasteiger charge is -2.54. The third-order valence-corrected chi connectivity index (χ3v) is 15.5. The number of carbonyl (C=O) groups excluding carboxylic acids is 1. The zero-order valence-electron chi connectivity index (χ0n) is 37.9. The Morgan fingerprint density at radius 1 is 0.734 bits per heavy atom. The number of Topliss-reactive ketones (excluding diaryl/α,β-unsaturated/α-hetero) is 1. The first-order valence-corrected chi connectivity index (χ1v) is 23.1. The van der Waals surface area contributed by atoms with Crippen molar-refractivity contribution < 1.29 is 87.2 Å². The second kappa shape index (κ2) is 19.9. The van der Waals surface area contributed by atoms with E-state index < -0.39 is 123 Å². The zero-order valence-corrected chi connectivity index (χ0v) is 37.9. The number of hydrogen-bond acceptors (Lipinski definition) is 18. The molecule has 2 saturated carbocycles. The fourth-order valence-corrected chi connectivity index (χ4v) is 11.9. The van der Waals surface area contributed by atoms with Crippen LogP contribution in [0.15, 0.2) is 28.4 Å². The number of allylic oxidation sites excluding steroid dienone is 1. The first kappa shape index (κ1) is 48.5. The average molecular weight is 911 g/mol. The lowest BCUT2D eigenvalue weighted by atomic mass is 9.51. The minimum Gasteiger partial charge on any atom is -0.469 e. The summed E-state index contributed by atoms with van der Waals surface area (Å²) in [4.78, 5) is 13.9. The number of methoxy groups -OCH3 is 2. The molecule has 5 heterocycles. The molecule has 4 saturated heterocycles. The summed E-state index contributed by atoms with van der Waals surface area (Å²) in [5.74, 6) is 1.00. The molecule has 0 bridgehead atoms. The fourth-order valence-electron chi connectivity index (χ4n) is 11.9. The molecular formula is C46H70O18. The summed E-state index contributed by atoms with van der Waals surface area (Å²) >= 11 is 0. The van der Waals surface area contributed by atoms with Gasteiger partial charge in [-0.3, -0.25) is 4.79 Å². The van der Waals surface area contributed by atoms with E-state index in [9.17, 15) is 35.4 Å². The maximum atomic E-state index is 13.9. The molecular weight excluding hydrogens is 840 g/mol. The number of hydrogen-bond donors (Lipinski definition) is 6. The number of aryl methyl sites for hydroxylation is 1. The summed E-state index contributed by atoms with van der Waals surface area (Å²) in [5.41, 5.74) is 1.93. The van der Waals surface area contributed by atoms with Crippen molar-refractivity contribution in [1.82, 2.24) is 0 Å². The number of aliphatic hydroxyl groups excluding tert-OH is 6. The van der Waals surface area contributed by atoms with Gasteiger partial charge in [-0.1, -0.05) is 18.6 Å². The SMILES string of the molecule is CO[C@H]1C[C@H](O[C@@H]2CC3=CC[C@H]4C(=O)[C@H](c5ccoc5C)CC[C@@H]4[C@@]3(C)C[C@H]2O)O[C@H](C)[C@H]1OC1C[C@H](O)[C@H](O[C@H]2C[C@@H](OC)[C@@H](O[C@@H]3O[C@H](CO)[C@@H](O)[C@H](O)[C@H]3O)[C@H](C)O2)[C@@H](C)O1. The van der Waals surface area contributed by atoms with Crippen molar-refractivity contribution in [2.45, 2.75) is 209 Å². The highest BCUT2D eigenvalue weighted by Crippen LogP contribution is 2.58. The molecule has 18 heteroatoms. The summed E-state index contributed by atoms with van der Waals surface area (Å²) in [5, 5.41) is 63.5. The van der Waals surface area contributed by atoms with Crippen LogP contribution < -0.4 is 0 Å². The number of rotatable bonds is 12. The minimum absolute atomic E-state index is 0.0886. The van der Waals surface area contributed by atoms with Gasteiger partial charge in [0.05, 0.1) is 61.7 Å². The summed E-state index contributed by atoms with van der Waals surface area (Å²) in [7, 11) is 3.09. The van der Waals surface area contributed by atoms with Crippen LogP contribution in [0.3, 0.4) is 0 Å². The lowest BCUT2D eigenvalue weighted by molar-refractivity contribution is -0.356. The van der Waals surface area contributed by atoms with E-state index in [4.69, 9.17) is 51.8 Å². The van der Waals surface area contributed by atoms with E-state index in [2.05, 4.69) is 13.0 Å². The highest BCUT2D eigenvalue weighted by atomic mass is 16.8. The number of aliphatic hydroxyl groups is 6. The van der Waals surface area contributed by atoms with Crippen molar-refractivity contribution in [2.75, 3.05) is 20.8 Å². The van der Waals surface area contributed by atoms with E-state index in [0.29, 0.717) is 25.7 Å². The van der Waals surface area contributed by atoms with Crippen molar-refractivity contribution in [3.63, 3.8) is 0 Å². The van der Waals surface area contributed by atoms with Gasteiger partial charge in [-0.05, 0) is 77.2 Å². The molecule has 4 aliphatic heterocycles. The summed E-state index contributed by atoms with van der Waals surface area (Å²) < 4.78 is 66.8. The third-order valence-electron chi connectivity index (χ3n) is 15.5. The first-order chi connectivity index (χ1) is 30.5. The molecule has 362 valence electrons. The Labute approximate surface area is 374 Å². The third kappa shape index (κ3) is 9.43. The summed E-state index contributed by atoms with van der Waals surface area (Å²) in [6.07, 6.45) is -8.82. The largest absolute Gasteiger partial charge is 0.469 e. The van der Waals surface area contributed by atoms with Crippen LogP contribution in [0, 0.1) is 24.2 Å². The highest BCUT2D eigenvalue weighted by molar-refractivity contribution is 5.89. The Balaban J connectivity index is 0.823. The van der Waals surface area contributed by atoms with Crippen LogP contribution in [0.4, 0.5) is 0 Å². The summed E-state index contributed by atoms with van der Waals surface area (Å²) in [6.45, 7) is 8.91. The topological polar surface area (TPSA) is 244 Å². The van der Waals surface area contributed by atoms with Crippen molar-refractivity contribution in [3.05, 3.63) is 35.3 Å². The van der Waals surface area contributed by atoms with Crippen molar-refractivity contribution in [2.24, 2.45) is 17.3 Å². The van der Waals surface area contributed by atoms with Gasteiger partial charge in [-0.25, -0.2) is 0 Å². The van der Waals surface area contributed by atoms with Crippen LogP contribution in [0.1, 0.15) is 96.3 Å². The van der Waals surface area contributed by atoms with E-state index >= 15 is 0 Å². The molecule has 1 aromatic heterocycles. The predicted molar refractivity (Wildman–Crippen MR) is 221 cm³/mol. The Hall–Kier alpha value is -1.95. The van der Waals surface area contributed by atoms with Crippen LogP contribution in [-0.4, -0.2) is 174 Å². The van der Waals surface area contributed by atoms with E-state index in [-0.39, 0.29) is 41.8 Å². The second-order valence-electron chi connectivity index (χ2n) is 19.3. The molecule has 23 atom stereocenters. The van der Waals surface area contributed by atoms with Crippen LogP contribution in [0.5, 0.6) is 0 Å². The molecule has 6 N–H and O–H groups in total. The van der Waals surface area contributed by atoms with Crippen LogP contribution in [0.2, 0.25) is 0 Å². The van der Waals surface area contributed by atoms with E-state index in [1.807, 2.05) is 19.9 Å². The van der Waals surface area contributed by atoms with Gasteiger partial charge in [0, 0.05) is 50.9 Å². The van der Waals surface area contributed by atoms with Gasteiger partial charge in [0.1, 0.15) is 54.3 Å². The molecule has 7 aliphatic rings. The Morgan fingerprint density at radius 2 is 1.34 bits per heavy atom. The Kier molecular flexibility index (Phi) is 15.1. The Morgan fingerprint density at radius 3 is 1.95 bits per heavy atom. The number of carbonyl (C=O) groups is 1. The Bertz CT molecular complexity index is 1740. The smallest absolute Gasteiger partial charge is 0.187 e. The predicted octanol–water partition coefficient (Wildman–Crippen LogP) is 1.89. The van der Waals surface area contributed by atoms with Gasteiger partial charge in [-0.2, -0.15) is 0 Å². The van der Waals surface area contributed by atoms with Gasteiger partial charge in [-0.15, -0.1) is 0 Å². The maximum Gasteiger partial charge on any atom is 0.187 e. The van der Waals surface area contributed by atoms with Crippen LogP contribution in [0.25, 0.3) is 0 Å². The van der Waals surface area contributed by atoms with Gasteiger partial charge in [0.15, 0.2) is 25.2 Å². The number of furan rings is 1. The van der Waals surface area contributed by atoms with E-state index in [1.165, 1.54) is 12.7 Å². The molecule has 0 spiro atoms. The van der Waals surface area contributed by atoms with E-state index in [1.54, 1.807) is 27.2 Å². The molecule has 6 fully saturated rings. The molecule has 0 amide bonds. The molecule has 0 radical (unpaired) electrons. The van der Waals surface area contributed by atoms with E-state index in [0.717, 1.165) is 24.2 Å². The molecule has 18 nitrogen and oxygen atoms in total. The quantitative estimate of drug-likeness (QED) is 0.164. The molecule has 8 rings (SSSR count). The van der Waals surface area contributed by atoms with Crippen LogP contribution in [-0.2, 0) is 52.2 Å². The molecule has 64 heavy (non-hydrogen) atoms. The molecule has 0 aromatic carbocycles. The number of fused-ring (bicyclic) bond motifs is 3. The van der Waals surface area contributed by atoms with Gasteiger partial charge in [0.2, 0.25) is 0 Å². The van der Waals surface area contributed by atoms with Crippen LogP contribution >= 0.6 is 0 Å². The monoisotopic (exact) mass is 910 g/mol.